The van der Waals surface area contributed by atoms with Crippen molar-refractivity contribution in [1.82, 2.24) is 10.2 Å². The lowest BCUT2D eigenvalue weighted by atomic mass is 9.70. The summed E-state index contributed by atoms with van der Waals surface area (Å²) in [6.07, 6.45) is 0.615. The topological polar surface area (TPSA) is 108 Å². The molecule has 3 saturated heterocycles. The van der Waals surface area contributed by atoms with Crippen LogP contribution in [0.5, 0.6) is 5.75 Å². The second-order valence-electron chi connectivity index (χ2n) is 9.03. The Morgan fingerprint density at radius 1 is 1.30 bits per heavy atom. The van der Waals surface area contributed by atoms with Crippen molar-refractivity contribution in [2.24, 2.45) is 11.8 Å². The molecular formula is C23H30BrN3O5S. The summed E-state index contributed by atoms with van der Waals surface area (Å²) in [4.78, 5) is 41.8. The maximum absolute atomic E-state index is 13.6. The Kier molecular flexibility index (Phi) is 6.98. The molecule has 4 rings (SSSR count). The maximum atomic E-state index is 13.6. The van der Waals surface area contributed by atoms with Gasteiger partial charge in [-0.1, -0.05) is 15.9 Å². The van der Waals surface area contributed by atoms with Gasteiger partial charge >= 0.3 is 0 Å². The number of hydrogen-bond acceptors (Lipinski definition) is 6. The molecule has 8 nitrogen and oxygen atoms in total. The molecule has 3 unspecified atom stereocenters. The number of fused-ring (bicyclic) bond motifs is 1. The summed E-state index contributed by atoms with van der Waals surface area (Å²) in [6, 6.07) is 6.33. The molecule has 2 bridgehead atoms. The van der Waals surface area contributed by atoms with Gasteiger partial charge in [0.1, 0.15) is 11.8 Å². The van der Waals surface area contributed by atoms with Gasteiger partial charge in [0.25, 0.3) is 0 Å². The largest absolute Gasteiger partial charge is 0.494 e. The first-order valence-corrected chi connectivity index (χ1v) is 13.1. The van der Waals surface area contributed by atoms with Crippen LogP contribution in [-0.4, -0.2) is 74.4 Å². The van der Waals surface area contributed by atoms with E-state index in [0.29, 0.717) is 18.7 Å². The monoisotopic (exact) mass is 539 g/mol. The normalized spacial score (nSPS) is 32.2. The number of benzene rings is 1. The molecule has 1 aromatic rings. The van der Waals surface area contributed by atoms with Crippen LogP contribution in [0.4, 0.5) is 5.69 Å². The molecule has 6 atom stereocenters. The zero-order valence-electron chi connectivity index (χ0n) is 18.9. The molecule has 33 heavy (non-hydrogen) atoms. The molecule has 0 radical (unpaired) electrons. The van der Waals surface area contributed by atoms with Crippen molar-refractivity contribution in [1.29, 1.82) is 0 Å². The van der Waals surface area contributed by atoms with Gasteiger partial charge in [-0.3, -0.25) is 14.4 Å². The average Bonchev–Trinajstić information content (AvgIpc) is 3.33. The zero-order valence-corrected chi connectivity index (χ0v) is 21.3. The summed E-state index contributed by atoms with van der Waals surface area (Å²) in [5.74, 6) is -1.16. The summed E-state index contributed by atoms with van der Waals surface area (Å²) in [5.41, 5.74) is 0.628. The Morgan fingerprint density at radius 3 is 2.61 bits per heavy atom. The van der Waals surface area contributed by atoms with E-state index in [0.717, 1.165) is 5.75 Å². The molecule has 0 aliphatic carbocycles. The highest BCUT2D eigenvalue weighted by atomic mass is 79.9. The Bertz CT molecular complexity index is 929. The molecular weight excluding hydrogens is 510 g/mol. The molecule has 1 aromatic carbocycles. The van der Waals surface area contributed by atoms with Gasteiger partial charge in [-0.15, -0.1) is 11.8 Å². The first-order chi connectivity index (χ1) is 15.7. The van der Waals surface area contributed by atoms with Crippen LogP contribution in [0.3, 0.4) is 0 Å². The van der Waals surface area contributed by atoms with E-state index in [1.807, 2.05) is 20.8 Å². The molecule has 0 aromatic heterocycles. The van der Waals surface area contributed by atoms with Crippen LogP contribution in [0, 0.1) is 11.8 Å². The van der Waals surface area contributed by atoms with E-state index in [-0.39, 0.29) is 47.0 Å². The van der Waals surface area contributed by atoms with E-state index < -0.39 is 22.6 Å². The number of thioether (sulfide) groups is 1. The molecule has 0 saturated carbocycles. The summed E-state index contributed by atoms with van der Waals surface area (Å²) in [7, 11) is 0. The first-order valence-electron chi connectivity index (χ1n) is 11.3. The highest BCUT2D eigenvalue weighted by Crippen LogP contribution is 2.67. The third-order valence-corrected chi connectivity index (χ3v) is 9.76. The summed E-state index contributed by atoms with van der Waals surface area (Å²) < 4.78 is 4.75. The van der Waals surface area contributed by atoms with E-state index in [1.54, 1.807) is 36.0 Å². The van der Waals surface area contributed by atoms with E-state index in [9.17, 15) is 19.5 Å². The molecule has 3 aliphatic heterocycles. The first kappa shape index (κ1) is 24.3. The molecule has 3 amide bonds. The minimum atomic E-state index is -0.720. The Labute approximate surface area is 206 Å². The van der Waals surface area contributed by atoms with Gasteiger partial charge in [0.05, 0.1) is 29.8 Å². The van der Waals surface area contributed by atoms with Crippen LogP contribution in [0.15, 0.2) is 24.3 Å². The smallest absolute Gasteiger partial charge is 0.244 e. The number of nitrogens with zero attached hydrogens (tertiary/aromatic N) is 1. The van der Waals surface area contributed by atoms with E-state index >= 15 is 0 Å². The number of alkyl halides is 1. The van der Waals surface area contributed by atoms with Gasteiger partial charge in [-0.2, -0.15) is 0 Å². The molecule has 180 valence electrons. The van der Waals surface area contributed by atoms with Gasteiger partial charge in [0, 0.05) is 28.4 Å². The summed E-state index contributed by atoms with van der Waals surface area (Å²) in [6.45, 7) is 6.04. The number of carbonyl (C=O) groups is 3. The van der Waals surface area contributed by atoms with Gasteiger partial charge in [0.2, 0.25) is 17.7 Å². The lowest BCUT2D eigenvalue weighted by Gasteiger charge is -2.35. The van der Waals surface area contributed by atoms with E-state index in [4.69, 9.17) is 4.74 Å². The molecule has 1 spiro atoms. The number of nitrogens with one attached hydrogen (secondary N) is 2. The van der Waals surface area contributed by atoms with Gasteiger partial charge in [0.15, 0.2) is 0 Å². The number of anilines is 1. The third kappa shape index (κ3) is 4.14. The molecule has 3 aliphatic rings. The standard InChI is InChI=1S/C23H30BrN3O5S/c1-4-32-14-7-5-13(6-8-14)26-20(29)16-17-22(31)27(9-10-28)19(21(30)25-12(2)3)23(17)11-15(24)18(16)33-23/h5-8,12,15-19,28H,4,9-11H2,1-3H3,(H,25,30)(H,26,29)/t15?,16-,17-,18-,19?,23?/m0/s1. The average molecular weight is 540 g/mol. The number of ether oxygens (including phenoxy) is 1. The molecule has 10 heteroatoms. The van der Waals surface area contributed by atoms with Crippen LogP contribution in [-0.2, 0) is 14.4 Å². The lowest BCUT2D eigenvalue weighted by molar-refractivity contribution is -0.139. The van der Waals surface area contributed by atoms with Crippen molar-refractivity contribution >= 4 is 51.1 Å². The number of amides is 3. The highest BCUT2D eigenvalue weighted by Gasteiger charge is 2.75. The van der Waals surface area contributed by atoms with Crippen molar-refractivity contribution in [3.63, 3.8) is 0 Å². The number of β-amino-alcohol motifs (C(OH)–C–C–N with tert-alkyl or cyclic N) is 1. The maximum Gasteiger partial charge on any atom is 0.244 e. The van der Waals surface area contributed by atoms with E-state index in [1.165, 1.54) is 4.90 Å². The fraction of sp³-hybridized carbons (Fsp3) is 0.609. The van der Waals surface area contributed by atoms with Crippen molar-refractivity contribution in [2.45, 2.75) is 54.1 Å². The van der Waals surface area contributed by atoms with Crippen molar-refractivity contribution in [2.75, 3.05) is 25.1 Å². The molecule has 3 N–H and O–H groups in total. The van der Waals surface area contributed by atoms with Crippen molar-refractivity contribution in [3.05, 3.63) is 24.3 Å². The predicted molar refractivity (Wildman–Crippen MR) is 131 cm³/mol. The SMILES string of the molecule is CCOc1ccc(NC(=O)[C@H]2[C@H]3C(=O)N(CCO)C(C(=O)NC(C)C)C34CC(Br)[C@@H]2S4)cc1. The number of aliphatic hydroxyl groups is 1. The van der Waals surface area contributed by atoms with Crippen LogP contribution in [0.25, 0.3) is 0 Å². The van der Waals surface area contributed by atoms with Crippen LogP contribution < -0.4 is 15.4 Å². The minimum Gasteiger partial charge on any atom is -0.494 e. The number of carbonyl (C=O) groups excluding carboxylic acids is 3. The molecule has 3 fully saturated rings. The van der Waals surface area contributed by atoms with Crippen LogP contribution in [0.1, 0.15) is 27.2 Å². The van der Waals surface area contributed by atoms with Crippen LogP contribution in [0.2, 0.25) is 0 Å². The Hall–Kier alpha value is -1.78. The second kappa shape index (κ2) is 9.46. The number of aliphatic hydroxyl groups excluding tert-OH is 1. The van der Waals surface area contributed by atoms with Crippen molar-refractivity contribution < 1.29 is 24.2 Å². The zero-order chi connectivity index (χ0) is 23.9. The fourth-order valence-electron chi connectivity index (χ4n) is 5.47. The summed E-state index contributed by atoms with van der Waals surface area (Å²) in [5, 5.41) is 15.4. The third-order valence-electron chi connectivity index (χ3n) is 6.54. The van der Waals surface area contributed by atoms with Gasteiger partial charge in [-0.25, -0.2) is 0 Å². The highest BCUT2D eigenvalue weighted by molar-refractivity contribution is 9.09. The Morgan fingerprint density at radius 2 is 2.00 bits per heavy atom. The lowest BCUT2D eigenvalue weighted by Crippen LogP contribution is -2.55. The minimum absolute atomic E-state index is 0.00561. The fourth-order valence-corrected chi connectivity index (χ4v) is 9.08. The van der Waals surface area contributed by atoms with Crippen LogP contribution >= 0.6 is 27.7 Å². The Balaban J connectivity index is 1.63. The number of halogens is 1. The summed E-state index contributed by atoms with van der Waals surface area (Å²) >= 11 is 5.30. The van der Waals surface area contributed by atoms with Gasteiger partial charge in [-0.05, 0) is 51.5 Å². The van der Waals surface area contributed by atoms with E-state index in [2.05, 4.69) is 26.6 Å². The van der Waals surface area contributed by atoms with Gasteiger partial charge < -0.3 is 25.4 Å². The number of rotatable bonds is 8. The molecule has 3 heterocycles. The quantitative estimate of drug-likeness (QED) is 0.436. The second-order valence-corrected chi connectivity index (χ2v) is 11.7. The predicted octanol–water partition coefficient (Wildman–Crippen LogP) is 2.01. The van der Waals surface area contributed by atoms with Crippen molar-refractivity contribution in [3.8, 4) is 5.75 Å². The number of likely N-dealkylation sites (tertiary alicyclic amines) is 1. The number of hydrogen-bond donors (Lipinski definition) is 3.